The topological polar surface area (TPSA) is 71.0 Å². The number of hydrogen-bond acceptors (Lipinski definition) is 5. The van der Waals surface area contributed by atoms with Crippen molar-refractivity contribution in [2.24, 2.45) is 0 Å². The maximum atomic E-state index is 12.8. The molecule has 0 saturated carbocycles. The summed E-state index contributed by atoms with van der Waals surface area (Å²) in [5, 5.41) is 10.9. The monoisotopic (exact) mass is 417 g/mol. The first-order valence-electron chi connectivity index (χ1n) is 10.6. The van der Waals surface area contributed by atoms with Gasteiger partial charge in [-0.05, 0) is 63.4 Å². The molecule has 6 nitrogen and oxygen atoms in total. The number of piperidine rings is 1. The predicted octanol–water partition coefficient (Wildman–Crippen LogP) is 2.98. The molecular formula is C22H32ClN5O. The van der Waals surface area contributed by atoms with E-state index >= 15 is 0 Å². The summed E-state index contributed by atoms with van der Waals surface area (Å²) in [5.74, 6) is 0.449. The summed E-state index contributed by atoms with van der Waals surface area (Å²) < 4.78 is 1.79. The third-order valence-electron chi connectivity index (χ3n) is 5.44. The molecule has 3 rings (SSSR count). The number of hydrogen-bond donors (Lipinski definition) is 3. The summed E-state index contributed by atoms with van der Waals surface area (Å²) in [5.41, 5.74) is 2.05. The van der Waals surface area contributed by atoms with Crippen LogP contribution in [0.5, 0.6) is 0 Å². The smallest absolute Gasteiger partial charge is 0.293 e. The van der Waals surface area contributed by atoms with Gasteiger partial charge in [0.25, 0.3) is 5.56 Å². The molecule has 0 aliphatic carbocycles. The summed E-state index contributed by atoms with van der Waals surface area (Å²) in [6, 6.07) is 8.46. The highest BCUT2D eigenvalue weighted by Gasteiger charge is 2.13. The lowest BCUT2D eigenvalue weighted by atomic mass is 10.0. The van der Waals surface area contributed by atoms with Crippen molar-refractivity contribution in [3.63, 3.8) is 0 Å². The van der Waals surface area contributed by atoms with Crippen molar-refractivity contribution in [1.82, 2.24) is 20.2 Å². The molecule has 1 atom stereocenters. The number of rotatable bonds is 10. The van der Waals surface area contributed by atoms with Crippen LogP contribution in [-0.4, -0.2) is 41.8 Å². The van der Waals surface area contributed by atoms with Crippen LogP contribution in [0, 0.1) is 6.92 Å². The molecule has 1 aliphatic rings. The Morgan fingerprint density at radius 3 is 2.97 bits per heavy atom. The quantitative estimate of drug-likeness (QED) is 0.518. The standard InChI is InChI=1S/C22H32ClN5O/c1-17-16-27-21(26-12-9-20-7-2-3-10-25-20)22(29)28(17)14-13-24-11-8-18-5-4-6-19(23)15-18/h4-6,15-16,20,24-25H,2-3,7-14H2,1H3,(H,26,27). The van der Waals surface area contributed by atoms with Gasteiger partial charge in [0.15, 0.2) is 5.82 Å². The molecule has 1 aromatic heterocycles. The van der Waals surface area contributed by atoms with E-state index in [1.54, 1.807) is 10.8 Å². The van der Waals surface area contributed by atoms with Crippen LogP contribution in [0.25, 0.3) is 0 Å². The van der Waals surface area contributed by atoms with E-state index in [-0.39, 0.29) is 5.56 Å². The molecule has 0 radical (unpaired) electrons. The average Bonchev–Trinajstić information content (AvgIpc) is 2.72. The molecule has 7 heteroatoms. The minimum atomic E-state index is -0.0433. The molecule has 1 fully saturated rings. The molecule has 0 bridgehead atoms. The van der Waals surface area contributed by atoms with Gasteiger partial charge in [-0.3, -0.25) is 4.79 Å². The zero-order valence-corrected chi connectivity index (χ0v) is 18.0. The van der Waals surface area contributed by atoms with Crippen LogP contribution in [0.15, 0.2) is 35.3 Å². The van der Waals surface area contributed by atoms with E-state index in [0.29, 0.717) is 18.4 Å². The lowest BCUT2D eigenvalue weighted by Crippen LogP contribution is -2.36. The van der Waals surface area contributed by atoms with Crippen molar-refractivity contribution in [2.75, 3.05) is 31.5 Å². The zero-order chi connectivity index (χ0) is 20.5. The van der Waals surface area contributed by atoms with Crippen molar-refractivity contribution >= 4 is 17.4 Å². The molecule has 29 heavy (non-hydrogen) atoms. The highest BCUT2D eigenvalue weighted by Crippen LogP contribution is 2.11. The summed E-state index contributed by atoms with van der Waals surface area (Å²) in [4.78, 5) is 17.1. The van der Waals surface area contributed by atoms with Crippen molar-refractivity contribution in [1.29, 1.82) is 0 Å². The lowest BCUT2D eigenvalue weighted by Gasteiger charge is -2.23. The van der Waals surface area contributed by atoms with Gasteiger partial charge >= 0.3 is 0 Å². The summed E-state index contributed by atoms with van der Waals surface area (Å²) in [7, 11) is 0. The van der Waals surface area contributed by atoms with Crippen molar-refractivity contribution < 1.29 is 0 Å². The molecule has 1 aliphatic heterocycles. The Kier molecular flexibility index (Phi) is 8.52. The molecule has 1 saturated heterocycles. The van der Waals surface area contributed by atoms with Crippen LogP contribution >= 0.6 is 11.6 Å². The van der Waals surface area contributed by atoms with Crippen LogP contribution in [0.1, 0.15) is 36.9 Å². The number of halogens is 1. The van der Waals surface area contributed by atoms with E-state index in [4.69, 9.17) is 11.6 Å². The fourth-order valence-corrected chi connectivity index (χ4v) is 3.96. The minimum absolute atomic E-state index is 0.0433. The Labute approximate surface area is 178 Å². The maximum absolute atomic E-state index is 12.8. The number of anilines is 1. The maximum Gasteiger partial charge on any atom is 0.293 e. The molecule has 158 valence electrons. The lowest BCUT2D eigenvalue weighted by molar-refractivity contribution is 0.388. The van der Waals surface area contributed by atoms with E-state index < -0.39 is 0 Å². The molecule has 1 unspecified atom stereocenters. The molecule has 0 spiro atoms. The van der Waals surface area contributed by atoms with Gasteiger partial charge in [-0.15, -0.1) is 0 Å². The fourth-order valence-electron chi connectivity index (χ4n) is 3.75. The van der Waals surface area contributed by atoms with E-state index in [0.717, 1.165) is 49.7 Å². The molecule has 2 aromatic rings. The Balaban J connectivity index is 1.44. The number of aryl methyl sites for hydroxylation is 1. The van der Waals surface area contributed by atoms with Crippen LogP contribution in [-0.2, 0) is 13.0 Å². The van der Waals surface area contributed by atoms with Gasteiger partial charge in [-0.2, -0.15) is 0 Å². The normalized spacial score (nSPS) is 16.7. The number of benzene rings is 1. The highest BCUT2D eigenvalue weighted by atomic mass is 35.5. The molecule has 2 heterocycles. The Hall–Kier alpha value is -1.89. The third kappa shape index (κ3) is 6.84. The molecule has 3 N–H and O–H groups in total. The Morgan fingerprint density at radius 1 is 1.28 bits per heavy atom. The third-order valence-corrected chi connectivity index (χ3v) is 5.68. The van der Waals surface area contributed by atoms with Crippen molar-refractivity contribution in [3.05, 3.63) is 57.1 Å². The van der Waals surface area contributed by atoms with Gasteiger partial charge in [0, 0.05) is 42.6 Å². The van der Waals surface area contributed by atoms with Crippen molar-refractivity contribution in [3.8, 4) is 0 Å². The van der Waals surface area contributed by atoms with Crippen molar-refractivity contribution in [2.45, 2.75) is 51.6 Å². The van der Waals surface area contributed by atoms with Gasteiger partial charge in [0.2, 0.25) is 0 Å². The van der Waals surface area contributed by atoms with E-state index in [2.05, 4.69) is 27.0 Å². The van der Waals surface area contributed by atoms with Gasteiger partial charge in [0.05, 0.1) is 0 Å². The Bertz CT molecular complexity index is 832. The van der Waals surface area contributed by atoms with Gasteiger partial charge < -0.3 is 20.5 Å². The first-order valence-corrected chi connectivity index (χ1v) is 11.0. The second-order valence-electron chi connectivity index (χ2n) is 7.70. The number of nitrogens with one attached hydrogen (secondary N) is 3. The minimum Gasteiger partial charge on any atom is -0.365 e. The number of aromatic nitrogens is 2. The van der Waals surface area contributed by atoms with Gasteiger partial charge in [-0.25, -0.2) is 4.98 Å². The molecular weight excluding hydrogens is 386 g/mol. The first-order chi connectivity index (χ1) is 14.1. The van der Waals surface area contributed by atoms with Gasteiger partial charge in [0.1, 0.15) is 0 Å². The van der Waals surface area contributed by atoms with Crippen LogP contribution in [0.4, 0.5) is 5.82 Å². The fraction of sp³-hybridized carbons (Fsp3) is 0.545. The predicted molar refractivity (Wildman–Crippen MR) is 120 cm³/mol. The SMILES string of the molecule is Cc1cnc(NCCC2CCCCN2)c(=O)n1CCNCCc1cccc(Cl)c1. The Morgan fingerprint density at radius 2 is 2.17 bits per heavy atom. The summed E-state index contributed by atoms with van der Waals surface area (Å²) >= 11 is 6.02. The summed E-state index contributed by atoms with van der Waals surface area (Å²) in [6.07, 6.45) is 7.47. The van der Waals surface area contributed by atoms with Crippen LogP contribution in [0.3, 0.4) is 0 Å². The van der Waals surface area contributed by atoms with Crippen LogP contribution in [0.2, 0.25) is 5.02 Å². The van der Waals surface area contributed by atoms with Crippen LogP contribution < -0.4 is 21.5 Å². The first kappa shape index (κ1) is 21.8. The second-order valence-corrected chi connectivity index (χ2v) is 8.13. The number of nitrogens with zero attached hydrogens (tertiary/aromatic N) is 2. The largest absolute Gasteiger partial charge is 0.365 e. The van der Waals surface area contributed by atoms with E-state index in [9.17, 15) is 4.79 Å². The second kappa shape index (κ2) is 11.3. The van der Waals surface area contributed by atoms with E-state index in [1.165, 1.54) is 24.8 Å². The molecule has 1 aromatic carbocycles. The van der Waals surface area contributed by atoms with Gasteiger partial charge in [-0.1, -0.05) is 30.2 Å². The molecule has 0 amide bonds. The zero-order valence-electron chi connectivity index (χ0n) is 17.2. The van der Waals surface area contributed by atoms with E-state index in [1.807, 2.05) is 25.1 Å². The average molecular weight is 418 g/mol. The highest BCUT2D eigenvalue weighted by molar-refractivity contribution is 6.30. The summed E-state index contributed by atoms with van der Waals surface area (Å²) in [6.45, 7) is 6.00.